The predicted octanol–water partition coefficient (Wildman–Crippen LogP) is 3.00. The number of rotatable bonds is 3. The molecule has 0 bridgehead atoms. The van der Waals surface area contributed by atoms with Crippen LogP contribution in [0.3, 0.4) is 0 Å². The number of carbonyl (C=O) groups is 2. The van der Waals surface area contributed by atoms with Crippen molar-refractivity contribution < 1.29 is 24.2 Å². The van der Waals surface area contributed by atoms with E-state index < -0.39 is 17.0 Å². The first-order valence-electron chi connectivity index (χ1n) is 8.63. The molecule has 0 aromatic rings. The van der Waals surface area contributed by atoms with E-state index in [0.717, 1.165) is 19.3 Å². The van der Waals surface area contributed by atoms with Gasteiger partial charge in [0.15, 0.2) is 0 Å². The Morgan fingerprint density at radius 2 is 1.92 bits per heavy atom. The van der Waals surface area contributed by atoms with Crippen molar-refractivity contribution in [2.75, 3.05) is 7.11 Å². The van der Waals surface area contributed by atoms with Crippen LogP contribution in [0.15, 0.2) is 11.6 Å². The Hall–Kier alpha value is -1.36. The molecule has 2 aliphatic carbocycles. The second-order valence-corrected chi connectivity index (χ2v) is 8.27. The molecule has 0 saturated heterocycles. The molecule has 0 radical (unpaired) electrons. The van der Waals surface area contributed by atoms with E-state index in [2.05, 4.69) is 13.8 Å². The van der Waals surface area contributed by atoms with E-state index in [4.69, 9.17) is 9.47 Å². The van der Waals surface area contributed by atoms with E-state index in [0.29, 0.717) is 5.57 Å². The zero-order valence-electron chi connectivity index (χ0n) is 15.6. The summed E-state index contributed by atoms with van der Waals surface area (Å²) < 4.78 is 10.4. The highest BCUT2D eigenvalue weighted by molar-refractivity contribution is 5.72. The fourth-order valence-electron chi connectivity index (χ4n) is 5.20. The molecule has 1 fully saturated rings. The van der Waals surface area contributed by atoms with E-state index >= 15 is 0 Å². The Morgan fingerprint density at radius 1 is 1.29 bits per heavy atom. The summed E-state index contributed by atoms with van der Waals surface area (Å²) in [5.41, 5.74) is -1.30. The topological polar surface area (TPSA) is 72.8 Å². The van der Waals surface area contributed by atoms with Crippen molar-refractivity contribution >= 4 is 11.9 Å². The van der Waals surface area contributed by atoms with Crippen LogP contribution in [0.5, 0.6) is 0 Å². The zero-order chi connectivity index (χ0) is 18.3. The van der Waals surface area contributed by atoms with Crippen LogP contribution in [0.4, 0.5) is 0 Å². The van der Waals surface area contributed by atoms with Gasteiger partial charge in [0.2, 0.25) is 0 Å². The first-order valence-corrected chi connectivity index (χ1v) is 8.63. The SMILES string of the molecule is COC(=O)C[C@@]1(O)C(C)=C[C@H](OC(C)=O)C2C(C)(C)CCC[C@@]21C. The van der Waals surface area contributed by atoms with Gasteiger partial charge in [0.25, 0.3) is 0 Å². The molecular weight excluding hydrogens is 308 g/mol. The van der Waals surface area contributed by atoms with Crippen molar-refractivity contribution in [2.45, 2.75) is 72.0 Å². The highest BCUT2D eigenvalue weighted by Crippen LogP contribution is 2.62. The summed E-state index contributed by atoms with van der Waals surface area (Å²) in [6.07, 6.45) is 4.08. The molecule has 4 atom stereocenters. The van der Waals surface area contributed by atoms with Crippen molar-refractivity contribution in [2.24, 2.45) is 16.7 Å². The van der Waals surface area contributed by atoms with Crippen molar-refractivity contribution in [1.29, 1.82) is 0 Å². The second-order valence-electron chi connectivity index (χ2n) is 8.27. The van der Waals surface area contributed by atoms with Gasteiger partial charge in [-0.1, -0.05) is 27.2 Å². The molecule has 0 heterocycles. The summed E-state index contributed by atoms with van der Waals surface area (Å²) in [6.45, 7) is 9.54. The highest BCUT2D eigenvalue weighted by atomic mass is 16.5. The molecule has 5 heteroatoms. The van der Waals surface area contributed by atoms with Crippen molar-refractivity contribution in [3.05, 3.63) is 11.6 Å². The van der Waals surface area contributed by atoms with Crippen LogP contribution in [0.2, 0.25) is 0 Å². The van der Waals surface area contributed by atoms with Gasteiger partial charge in [0, 0.05) is 18.3 Å². The van der Waals surface area contributed by atoms with Crippen LogP contribution in [0.25, 0.3) is 0 Å². The minimum atomic E-state index is -1.29. The molecule has 0 aromatic heterocycles. The molecule has 2 aliphatic rings. The van der Waals surface area contributed by atoms with Crippen molar-refractivity contribution in [3.8, 4) is 0 Å². The molecule has 0 spiro atoms. The van der Waals surface area contributed by atoms with Gasteiger partial charge >= 0.3 is 11.9 Å². The first-order chi connectivity index (χ1) is 11.0. The number of hydrogen-bond donors (Lipinski definition) is 1. The van der Waals surface area contributed by atoms with Crippen molar-refractivity contribution in [3.63, 3.8) is 0 Å². The second kappa shape index (κ2) is 6.17. The maximum Gasteiger partial charge on any atom is 0.308 e. The molecular formula is C19H30O5. The molecule has 24 heavy (non-hydrogen) atoms. The Balaban J connectivity index is 2.58. The number of carbonyl (C=O) groups excluding carboxylic acids is 2. The standard InChI is InChI=1S/C19H30O5/c1-12-10-14(24-13(2)20)16-17(3,4)8-7-9-18(16,5)19(12,22)11-15(21)23-6/h10,14,16,22H,7-9,11H2,1-6H3/t14-,16?,18-,19+/m0/s1. The average molecular weight is 338 g/mol. The number of ether oxygens (including phenoxy) is 2. The molecule has 5 nitrogen and oxygen atoms in total. The third kappa shape index (κ3) is 2.87. The lowest BCUT2D eigenvalue weighted by Gasteiger charge is -2.61. The predicted molar refractivity (Wildman–Crippen MR) is 90.1 cm³/mol. The van der Waals surface area contributed by atoms with E-state index in [-0.39, 0.29) is 29.8 Å². The van der Waals surface area contributed by atoms with Crippen LogP contribution in [0, 0.1) is 16.7 Å². The molecule has 2 rings (SSSR count). The lowest BCUT2D eigenvalue weighted by Crippen LogP contribution is -2.63. The smallest absolute Gasteiger partial charge is 0.308 e. The van der Waals surface area contributed by atoms with Crippen LogP contribution < -0.4 is 0 Å². The summed E-state index contributed by atoms with van der Waals surface area (Å²) in [6, 6.07) is 0. The molecule has 0 amide bonds. The first kappa shape index (κ1) is 19.0. The quantitative estimate of drug-likeness (QED) is 0.632. The maximum atomic E-state index is 12.0. The molecule has 1 N–H and O–H groups in total. The Bertz CT molecular complexity index is 564. The number of aliphatic hydroxyl groups is 1. The number of fused-ring (bicyclic) bond motifs is 1. The summed E-state index contributed by atoms with van der Waals surface area (Å²) in [5, 5.41) is 11.6. The Labute approximate surface area is 144 Å². The minimum Gasteiger partial charge on any atom is -0.469 e. The monoisotopic (exact) mass is 338 g/mol. The summed E-state index contributed by atoms with van der Waals surface area (Å²) in [5.74, 6) is -0.827. The maximum absolute atomic E-state index is 12.0. The number of methoxy groups -OCH3 is 1. The molecule has 0 aromatic carbocycles. The molecule has 1 unspecified atom stereocenters. The van der Waals surface area contributed by atoms with Crippen LogP contribution in [-0.2, 0) is 19.1 Å². The van der Waals surface area contributed by atoms with Crippen molar-refractivity contribution in [1.82, 2.24) is 0 Å². The fraction of sp³-hybridized carbons (Fsp3) is 0.789. The van der Waals surface area contributed by atoms with Gasteiger partial charge in [0.1, 0.15) is 11.7 Å². The van der Waals surface area contributed by atoms with Gasteiger partial charge in [-0.15, -0.1) is 0 Å². The third-order valence-corrected chi connectivity index (χ3v) is 6.32. The minimum absolute atomic E-state index is 0.0685. The average Bonchev–Trinajstić information content (AvgIpc) is 2.43. The van der Waals surface area contributed by atoms with E-state index in [1.54, 1.807) is 0 Å². The van der Waals surface area contributed by atoms with Crippen LogP contribution >= 0.6 is 0 Å². The third-order valence-electron chi connectivity index (χ3n) is 6.32. The Morgan fingerprint density at radius 3 is 2.46 bits per heavy atom. The lowest BCUT2D eigenvalue weighted by molar-refractivity contribution is -0.195. The molecule has 0 aliphatic heterocycles. The molecule has 136 valence electrons. The summed E-state index contributed by atoms with van der Waals surface area (Å²) in [4.78, 5) is 23.6. The lowest BCUT2D eigenvalue weighted by atomic mass is 9.46. The van der Waals surface area contributed by atoms with Gasteiger partial charge in [-0.25, -0.2) is 0 Å². The summed E-state index contributed by atoms with van der Waals surface area (Å²) in [7, 11) is 1.33. The fourth-order valence-corrected chi connectivity index (χ4v) is 5.20. The normalized spacial score (nSPS) is 37.9. The zero-order valence-corrected chi connectivity index (χ0v) is 15.6. The van der Waals surface area contributed by atoms with E-state index in [1.165, 1.54) is 14.0 Å². The Kier molecular flexibility index (Phi) is 4.88. The molecule has 1 saturated carbocycles. The number of hydrogen-bond acceptors (Lipinski definition) is 5. The van der Waals surface area contributed by atoms with Gasteiger partial charge < -0.3 is 14.6 Å². The largest absolute Gasteiger partial charge is 0.469 e. The van der Waals surface area contributed by atoms with Gasteiger partial charge in [0.05, 0.1) is 13.5 Å². The van der Waals surface area contributed by atoms with Crippen LogP contribution in [0.1, 0.15) is 60.3 Å². The van der Waals surface area contributed by atoms with Gasteiger partial charge in [-0.05, 0) is 36.8 Å². The van der Waals surface area contributed by atoms with Gasteiger partial charge in [-0.2, -0.15) is 0 Å². The highest BCUT2D eigenvalue weighted by Gasteiger charge is 2.63. The van der Waals surface area contributed by atoms with Gasteiger partial charge in [-0.3, -0.25) is 9.59 Å². The summed E-state index contributed by atoms with van der Waals surface area (Å²) >= 11 is 0. The number of esters is 2. The van der Waals surface area contributed by atoms with E-state index in [1.807, 2.05) is 19.9 Å². The van der Waals surface area contributed by atoms with Crippen LogP contribution in [-0.4, -0.2) is 35.9 Å². The van der Waals surface area contributed by atoms with E-state index in [9.17, 15) is 14.7 Å².